The van der Waals surface area contributed by atoms with Crippen LogP contribution in [-0.2, 0) is 0 Å². The normalized spacial score (nSPS) is 10.6. The van der Waals surface area contributed by atoms with Crippen LogP contribution in [0.5, 0.6) is 0 Å². The molecule has 0 aromatic carbocycles. The molecule has 0 unspecified atom stereocenters. The Morgan fingerprint density at radius 3 is 3.18 bits per heavy atom. The first-order valence-corrected chi connectivity index (χ1v) is 3.18. The van der Waals surface area contributed by atoms with Gasteiger partial charge in [-0.05, 0) is 9.71 Å². The average molecular weight is 151 g/mol. The van der Waals surface area contributed by atoms with Gasteiger partial charge in [-0.3, -0.25) is 0 Å². The number of aryl methyl sites for hydroxylation is 1. The fourth-order valence-electron chi connectivity index (χ4n) is 0.962. The van der Waals surface area contributed by atoms with E-state index in [1.807, 2.05) is 0 Å². The minimum atomic E-state index is 0.618. The summed E-state index contributed by atoms with van der Waals surface area (Å²) in [5.74, 6) is 0. The fraction of sp³-hybridized carbons (Fsp3) is 0.167. The number of hydrogen-bond acceptors (Lipinski definition) is 3. The second-order valence-electron chi connectivity index (χ2n) is 2.28. The van der Waals surface area contributed by atoms with E-state index in [0.717, 1.165) is 10.2 Å². The third kappa shape index (κ3) is 0.739. The molecule has 0 fully saturated rings. The lowest BCUT2D eigenvalue weighted by Gasteiger charge is -1.90. The Bertz CT molecular complexity index is 394. The van der Waals surface area contributed by atoms with Crippen molar-refractivity contribution < 1.29 is 9.94 Å². The van der Waals surface area contributed by atoms with Crippen LogP contribution in [0.25, 0.3) is 11.2 Å². The number of nitrogens with one attached hydrogen (secondary N) is 1. The van der Waals surface area contributed by atoms with Crippen LogP contribution < -0.4 is 4.73 Å². The van der Waals surface area contributed by atoms with Gasteiger partial charge in [0.15, 0.2) is 11.2 Å². The molecule has 0 aliphatic rings. The zero-order chi connectivity index (χ0) is 7.84. The fourth-order valence-corrected chi connectivity index (χ4v) is 0.962. The maximum Gasteiger partial charge on any atom is 0.327 e. The molecule has 0 aliphatic heterocycles. The van der Waals surface area contributed by atoms with Crippen molar-refractivity contribution in [3.63, 3.8) is 0 Å². The number of H-pyrrole nitrogens is 1. The van der Waals surface area contributed by atoms with Crippen molar-refractivity contribution in [2.24, 2.45) is 0 Å². The highest BCUT2D eigenvalue weighted by atomic mass is 16.5. The Labute approximate surface area is 62.3 Å². The summed E-state index contributed by atoms with van der Waals surface area (Å²) in [6, 6.07) is 0. The molecule has 2 aromatic heterocycles. The van der Waals surface area contributed by atoms with Crippen LogP contribution in [0.4, 0.5) is 0 Å². The molecule has 2 heterocycles. The first-order chi connectivity index (χ1) is 5.29. The smallest absolute Gasteiger partial charge is 0.327 e. The summed E-state index contributed by atoms with van der Waals surface area (Å²) in [6.07, 6.45) is 2.86. The van der Waals surface area contributed by atoms with Gasteiger partial charge in [-0.2, -0.15) is 4.98 Å². The van der Waals surface area contributed by atoms with Crippen molar-refractivity contribution in [3.05, 3.63) is 18.3 Å². The number of fused-ring (bicyclic) bond motifs is 1. The Morgan fingerprint density at radius 1 is 1.55 bits per heavy atom. The van der Waals surface area contributed by atoms with Crippen LogP contribution in [-0.4, -0.2) is 20.2 Å². The van der Waals surface area contributed by atoms with Gasteiger partial charge in [0, 0.05) is 6.92 Å². The molecule has 0 amide bonds. The van der Waals surface area contributed by atoms with Crippen molar-refractivity contribution in [1.82, 2.24) is 15.0 Å². The van der Waals surface area contributed by atoms with E-state index in [1.165, 1.54) is 6.33 Å². The topological polar surface area (TPSA) is 65.7 Å². The van der Waals surface area contributed by atoms with Gasteiger partial charge < -0.3 is 10.2 Å². The summed E-state index contributed by atoms with van der Waals surface area (Å²) >= 11 is 0. The van der Waals surface area contributed by atoms with E-state index < -0.39 is 0 Å². The van der Waals surface area contributed by atoms with Crippen molar-refractivity contribution in [2.45, 2.75) is 6.92 Å². The van der Waals surface area contributed by atoms with E-state index in [1.54, 1.807) is 13.3 Å². The summed E-state index contributed by atoms with van der Waals surface area (Å²) < 4.78 is 0.959. The quantitative estimate of drug-likeness (QED) is 0.404. The second-order valence-corrected chi connectivity index (χ2v) is 2.28. The second kappa shape index (κ2) is 1.91. The van der Waals surface area contributed by atoms with Crippen LogP contribution in [0.2, 0.25) is 0 Å². The van der Waals surface area contributed by atoms with Gasteiger partial charge in [0.05, 0.1) is 6.33 Å². The van der Waals surface area contributed by atoms with E-state index >= 15 is 0 Å². The molecule has 2 N–H and O–H groups in total. The predicted molar refractivity (Wildman–Crippen MR) is 36.0 cm³/mol. The molecule has 5 nitrogen and oxygen atoms in total. The third-order valence-corrected chi connectivity index (χ3v) is 1.61. The number of rotatable bonds is 0. The molecule has 2 aromatic rings. The van der Waals surface area contributed by atoms with Crippen molar-refractivity contribution >= 4 is 11.2 Å². The van der Waals surface area contributed by atoms with Gasteiger partial charge in [0.25, 0.3) is 5.65 Å². The lowest BCUT2D eigenvalue weighted by Crippen LogP contribution is -2.33. The largest absolute Gasteiger partial charge is 0.350 e. The molecule has 2 rings (SSSR count). The molecular weight excluding hydrogens is 144 g/mol. The van der Waals surface area contributed by atoms with E-state index in [9.17, 15) is 0 Å². The molecule has 11 heavy (non-hydrogen) atoms. The number of aromatic amines is 1. The molecule has 0 radical (unpaired) electrons. The highest BCUT2D eigenvalue weighted by molar-refractivity contribution is 5.70. The molecule has 0 spiro atoms. The number of imidazole rings is 1. The molecule has 0 aliphatic carbocycles. The Morgan fingerprint density at radius 2 is 2.36 bits per heavy atom. The minimum Gasteiger partial charge on any atom is -0.350 e. The summed E-state index contributed by atoms with van der Waals surface area (Å²) in [6.45, 7) is 1.78. The molecule has 56 valence electrons. The first kappa shape index (κ1) is 6.09. The lowest BCUT2D eigenvalue weighted by atomic mass is 10.4. The number of nitrogens with zero attached hydrogens (tertiary/aromatic N) is 3. The minimum absolute atomic E-state index is 0.618. The van der Waals surface area contributed by atoms with Crippen molar-refractivity contribution in [1.29, 1.82) is 0 Å². The Kier molecular flexibility index (Phi) is 1.06. The average Bonchev–Trinajstić information content (AvgIpc) is 2.45. The summed E-state index contributed by atoms with van der Waals surface area (Å²) in [5, 5.41) is 9.14. The molecule has 0 saturated carbocycles. The van der Waals surface area contributed by atoms with Crippen LogP contribution in [0.1, 0.15) is 5.69 Å². The maximum absolute atomic E-state index is 9.14. The molecular formula is C6H7N4O+. The third-order valence-electron chi connectivity index (χ3n) is 1.61. The zero-order valence-electron chi connectivity index (χ0n) is 5.94. The Hall–Kier alpha value is -1.65. The van der Waals surface area contributed by atoms with Gasteiger partial charge in [-0.25, -0.2) is 0 Å². The maximum atomic E-state index is 9.14. The number of aromatic nitrogens is 4. The summed E-state index contributed by atoms with van der Waals surface area (Å²) in [5.41, 5.74) is 2.08. The SMILES string of the molecule is Cc1c2[nH]cnc2nc[n+]1O. The van der Waals surface area contributed by atoms with Gasteiger partial charge >= 0.3 is 6.33 Å². The van der Waals surface area contributed by atoms with Crippen LogP contribution in [0.3, 0.4) is 0 Å². The lowest BCUT2D eigenvalue weighted by molar-refractivity contribution is -0.909. The molecule has 0 bridgehead atoms. The zero-order valence-corrected chi connectivity index (χ0v) is 5.94. The molecule has 0 atom stereocenters. The number of hydrogen-bond donors (Lipinski definition) is 2. The van der Waals surface area contributed by atoms with E-state index in [0.29, 0.717) is 11.3 Å². The van der Waals surface area contributed by atoms with Crippen LogP contribution in [0.15, 0.2) is 12.7 Å². The highest BCUT2D eigenvalue weighted by Crippen LogP contribution is 2.04. The Balaban J connectivity index is 2.93. The van der Waals surface area contributed by atoms with Crippen LogP contribution >= 0.6 is 0 Å². The predicted octanol–water partition coefficient (Wildman–Crippen LogP) is -0.209. The van der Waals surface area contributed by atoms with Gasteiger partial charge in [0.1, 0.15) is 0 Å². The van der Waals surface area contributed by atoms with Crippen molar-refractivity contribution in [3.8, 4) is 0 Å². The van der Waals surface area contributed by atoms with E-state index in [2.05, 4.69) is 15.0 Å². The highest BCUT2D eigenvalue weighted by Gasteiger charge is 2.11. The van der Waals surface area contributed by atoms with Gasteiger partial charge in [-0.1, -0.05) is 0 Å². The van der Waals surface area contributed by atoms with Crippen molar-refractivity contribution in [2.75, 3.05) is 0 Å². The van der Waals surface area contributed by atoms with Gasteiger partial charge in [-0.15, -0.1) is 0 Å². The monoisotopic (exact) mass is 151 g/mol. The summed E-state index contributed by atoms with van der Waals surface area (Å²) in [4.78, 5) is 10.7. The molecule has 0 saturated heterocycles. The van der Waals surface area contributed by atoms with E-state index in [-0.39, 0.29) is 0 Å². The first-order valence-electron chi connectivity index (χ1n) is 3.18. The summed E-state index contributed by atoms with van der Waals surface area (Å²) in [7, 11) is 0. The van der Waals surface area contributed by atoms with Crippen LogP contribution in [0, 0.1) is 6.92 Å². The molecule has 5 heteroatoms. The van der Waals surface area contributed by atoms with Gasteiger partial charge in [0.2, 0.25) is 0 Å². The standard InChI is InChI=1S/C6H6N4O/c1-4-5-6(8-2-7-5)9-3-10(4)11/h2-3,11H,1H3/p+1. The van der Waals surface area contributed by atoms with E-state index in [4.69, 9.17) is 5.21 Å².